The molecule has 0 bridgehead atoms. The number of hydrogen-bond donors (Lipinski definition) is 2. The number of non-ortho nitro benzene ring substituents is 1. The minimum Gasteiger partial charge on any atom is -0.478 e. The van der Waals surface area contributed by atoms with Gasteiger partial charge in [-0.25, -0.2) is 14.5 Å². The highest BCUT2D eigenvalue weighted by Crippen LogP contribution is 2.26. The van der Waals surface area contributed by atoms with E-state index in [0.29, 0.717) is 11.3 Å². The summed E-state index contributed by atoms with van der Waals surface area (Å²) in [6, 6.07) is 11.3. The molecule has 0 unspecified atom stereocenters. The van der Waals surface area contributed by atoms with Crippen molar-refractivity contribution in [3.8, 4) is 11.3 Å². The van der Waals surface area contributed by atoms with Crippen LogP contribution in [0.4, 0.5) is 11.4 Å². The Balaban J connectivity index is 2.23. The van der Waals surface area contributed by atoms with Crippen molar-refractivity contribution in [2.24, 2.45) is 0 Å². The first-order valence-electron chi connectivity index (χ1n) is 9.25. The summed E-state index contributed by atoms with van der Waals surface area (Å²) < 4.78 is 1.04. The lowest BCUT2D eigenvalue weighted by atomic mass is 10.1. The van der Waals surface area contributed by atoms with Crippen LogP contribution in [0.25, 0.3) is 11.3 Å². The third-order valence-electron chi connectivity index (χ3n) is 4.52. The molecule has 0 amide bonds. The first-order chi connectivity index (χ1) is 14.7. The number of aromatic nitrogens is 2. The molecular weight excluding hydrogens is 404 g/mol. The molecule has 10 nitrogen and oxygen atoms in total. The van der Waals surface area contributed by atoms with Crippen LogP contribution in [0.3, 0.4) is 0 Å². The van der Waals surface area contributed by atoms with Crippen LogP contribution in [0.5, 0.6) is 0 Å². The second-order valence-corrected chi connectivity index (χ2v) is 6.61. The zero-order valence-electron chi connectivity index (χ0n) is 16.7. The normalized spacial score (nSPS) is 10.5. The SMILES string of the molecule is CCc1nc(-c2cccc([N+](=O)[O-])c2)c(C(C)=O)n(Nc2ccc(C(=O)O)cc2)c1=O. The number of carboxylic acid groups (broad SMARTS) is 1. The number of ketones is 1. The maximum atomic E-state index is 12.9. The fraction of sp³-hybridized carbons (Fsp3) is 0.143. The van der Waals surface area contributed by atoms with Gasteiger partial charge in [-0.3, -0.25) is 25.1 Å². The molecule has 0 saturated heterocycles. The van der Waals surface area contributed by atoms with Gasteiger partial charge in [-0.15, -0.1) is 0 Å². The van der Waals surface area contributed by atoms with Gasteiger partial charge in [0.25, 0.3) is 11.2 Å². The number of aromatic carboxylic acids is 1. The van der Waals surface area contributed by atoms with Crippen molar-refractivity contribution in [2.75, 3.05) is 5.43 Å². The average molecular weight is 422 g/mol. The molecule has 2 N–H and O–H groups in total. The Morgan fingerprint density at radius 1 is 1.19 bits per heavy atom. The fourth-order valence-electron chi connectivity index (χ4n) is 3.02. The van der Waals surface area contributed by atoms with Gasteiger partial charge in [0, 0.05) is 24.6 Å². The molecule has 0 saturated carbocycles. The van der Waals surface area contributed by atoms with Crippen molar-refractivity contribution in [3.05, 3.63) is 86.0 Å². The Morgan fingerprint density at radius 3 is 2.42 bits per heavy atom. The number of nitrogens with zero attached hydrogens (tertiary/aromatic N) is 3. The van der Waals surface area contributed by atoms with Crippen LogP contribution in [-0.2, 0) is 6.42 Å². The van der Waals surface area contributed by atoms with Crippen LogP contribution in [-0.4, -0.2) is 31.4 Å². The Kier molecular flexibility index (Phi) is 5.91. The predicted octanol–water partition coefficient (Wildman–Crippen LogP) is 3.16. The van der Waals surface area contributed by atoms with Crippen LogP contribution in [0, 0.1) is 10.1 Å². The topological polar surface area (TPSA) is 144 Å². The van der Waals surface area contributed by atoms with Crippen molar-refractivity contribution in [1.82, 2.24) is 9.66 Å². The summed E-state index contributed by atoms with van der Waals surface area (Å²) >= 11 is 0. The van der Waals surface area contributed by atoms with E-state index in [1.807, 2.05) is 0 Å². The zero-order valence-corrected chi connectivity index (χ0v) is 16.7. The second-order valence-electron chi connectivity index (χ2n) is 6.61. The number of aryl methyl sites for hydroxylation is 1. The van der Waals surface area contributed by atoms with Crippen molar-refractivity contribution in [2.45, 2.75) is 20.3 Å². The van der Waals surface area contributed by atoms with Gasteiger partial charge in [0.1, 0.15) is 17.1 Å². The lowest BCUT2D eigenvalue weighted by molar-refractivity contribution is -0.384. The number of rotatable bonds is 7. The highest BCUT2D eigenvalue weighted by molar-refractivity contribution is 5.98. The molecular formula is C21H18N4O6. The van der Waals surface area contributed by atoms with E-state index in [4.69, 9.17) is 5.11 Å². The molecule has 31 heavy (non-hydrogen) atoms. The van der Waals surface area contributed by atoms with E-state index < -0.39 is 22.2 Å². The van der Waals surface area contributed by atoms with Crippen LogP contribution >= 0.6 is 0 Å². The van der Waals surface area contributed by atoms with Crippen LogP contribution in [0.15, 0.2) is 53.3 Å². The lowest BCUT2D eigenvalue weighted by Crippen LogP contribution is -2.35. The summed E-state index contributed by atoms with van der Waals surface area (Å²) in [7, 11) is 0. The Bertz CT molecular complexity index is 1250. The number of hydrogen-bond acceptors (Lipinski definition) is 7. The molecule has 1 aromatic heterocycles. The van der Waals surface area contributed by atoms with E-state index in [0.717, 1.165) is 4.68 Å². The molecule has 0 aliphatic rings. The van der Waals surface area contributed by atoms with E-state index in [2.05, 4.69) is 10.4 Å². The maximum absolute atomic E-state index is 12.9. The fourth-order valence-corrected chi connectivity index (χ4v) is 3.02. The minimum absolute atomic E-state index is 0.0611. The van der Waals surface area contributed by atoms with E-state index in [1.54, 1.807) is 13.0 Å². The molecule has 0 aliphatic carbocycles. The number of Topliss-reactive ketones (excluding diaryl/α,β-unsaturated/α-hetero) is 1. The maximum Gasteiger partial charge on any atom is 0.335 e. The number of carbonyl (C=O) groups excluding carboxylic acids is 1. The van der Waals surface area contributed by atoms with Gasteiger partial charge in [0.2, 0.25) is 0 Å². The summed E-state index contributed by atoms with van der Waals surface area (Å²) in [6.45, 7) is 2.98. The summed E-state index contributed by atoms with van der Waals surface area (Å²) in [5.41, 5.74) is 3.04. The average Bonchev–Trinajstić information content (AvgIpc) is 2.75. The van der Waals surface area contributed by atoms with Crippen LogP contribution in [0.2, 0.25) is 0 Å². The van der Waals surface area contributed by atoms with E-state index in [-0.39, 0.29) is 34.8 Å². The third-order valence-corrected chi connectivity index (χ3v) is 4.52. The number of anilines is 1. The summed E-state index contributed by atoms with van der Waals surface area (Å²) in [5, 5.41) is 20.2. The molecule has 158 valence electrons. The summed E-state index contributed by atoms with van der Waals surface area (Å²) in [6.07, 6.45) is 0.262. The van der Waals surface area contributed by atoms with Gasteiger partial charge in [0.15, 0.2) is 5.78 Å². The van der Waals surface area contributed by atoms with Crippen LogP contribution in [0.1, 0.15) is 40.4 Å². The molecule has 0 spiro atoms. The number of nitrogens with one attached hydrogen (secondary N) is 1. The summed E-state index contributed by atoms with van der Waals surface area (Å²) in [4.78, 5) is 51.5. The molecule has 3 rings (SSSR count). The zero-order chi connectivity index (χ0) is 22.7. The van der Waals surface area contributed by atoms with Gasteiger partial charge < -0.3 is 5.11 Å². The first-order valence-corrected chi connectivity index (χ1v) is 9.25. The lowest BCUT2D eigenvalue weighted by Gasteiger charge is -2.18. The van der Waals surface area contributed by atoms with E-state index in [9.17, 15) is 24.5 Å². The minimum atomic E-state index is -1.10. The molecule has 0 radical (unpaired) electrons. The Morgan fingerprint density at radius 2 is 1.87 bits per heavy atom. The number of carbonyl (C=O) groups is 2. The van der Waals surface area contributed by atoms with Crippen LogP contribution < -0.4 is 11.0 Å². The molecule has 2 aromatic carbocycles. The Labute approximate surface area is 175 Å². The summed E-state index contributed by atoms with van der Waals surface area (Å²) in [5.74, 6) is -1.58. The van der Waals surface area contributed by atoms with Gasteiger partial charge in [-0.1, -0.05) is 19.1 Å². The number of carboxylic acids is 1. The predicted molar refractivity (Wildman–Crippen MR) is 112 cm³/mol. The molecule has 0 atom stereocenters. The molecule has 1 heterocycles. The molecule has 10 heteroatoms. The highest BCUT2D eigenvalue weighted by Gasteiger charge is 2.22. The highest BCUT2D eigenvalue weighted by atomic mass is 16.6. The standard InChI is InChI=1S/C21H18N4O6/c1-3-17-20(27)24(23-15-9-7-13(8-10-15)21(28)29)19(12(2)26)18(22-17)14-5-4-6-16(11-14)25(30)31/h4-11,23H,3H2,1-2H3,(H,28,29). The smallest absolute Gasteiger partial charge is 0.335 e. The molecule has 3 aromatic rings. The Hall–Kier alpha value is -4.34. The van der Waals surface area contributed by atoms with E-state index in [1.165, 1.54) is 49.4 Å². The quantitative estimate of drug-likeness (QED) is 0.336. The molecule has 0 aliphatic heterocycles. The first kappa shape index (κ1) is 21.4. The third kappa shape index (κ3) is 4.32. The number of benzene rings is 2. The monoisotopic (exact) mass is 422 g/mol. The van der Waals surface area contributed by atoms with Crippen molar-refractivity contribution in [1.29, 1.82) is 0 Å². The van der Waals surface area contributed by atoms with E-state index >= 15 is 0 Å². The largest absolute Gasteiger partial charge is 0.478 e. The number of nitro groups is 1. The molecule has 0 fully saturated rings. The van der Waals surface area contributed by atoms with Gasteiger partial charge in [-0.2, -0.15) is 0 Å². The number of nitro benzene ring substituents is 1. The van der Waals surface area contributed by atoms with Crippen molar-refractivity contribution in [3.63, 3.8) is 0 Å². The van der Waals surface area contributed by atoms with Gasteiger partial charge in [0.05, 0.1) is 16.2 Å². The van der Waals surface area contributed by atoms with Gasteiger partial charge >= 0.3 is 5.97 Å². The van der Waals surface area contributed by atoms with Crippen molar-refractivity contribution < 1.29 is 19.6 Å². The van der Waals surface area contributed by atoms with Gasteiger partial charge in [-0.05, 0) is 30.7 Å². The van der Waals surface area contributed by atoms with Crippen molar-refractivity contribution >= 4 is 23.1 Å². The second kappa shape index (κ2) is 8.57.